The van der Waals surface area contributed by atoms with E-state index in [1.807, 2.05) is 6.07 Å². The smallest absolute Gasteiger partial charge is 0.435 e. The normalized spacial score (nSPS) is 17.1. The molecule has 10 nitrogen and oxygen atoms in total. The molecule has 198 valence electrons. The lowest BCUT2D eigenvalue weighted by Crippen LogP contribution is -2.52. The Labute approximate surface area is 215 Å². The molecule has 1 aromatic carbocycles. The molecule has 2 aliphatic heterocycles. The van der Waals surface area contributed by atoms with Crippen molar-refractivity contribution in [2.45, 2.75) is 12.1 Å². The first kappa shape index (κ1) is 25.2. The van der Waals surface area contributed by atoms with Gasteiger partial charge in [-0.2, -0.15) is 18.3 Å². The zero-order valence-corrected chi connectivity index (χ0v) is 20.2. The van der Waals surface area contributed by atoms with Crippen molar-refractivity contribution in [2.24, 2.45) is 0 Å². The number of rotatable bonds is 5. The van der Waals surface area contributed by atoms with Gasteiger partial charge >= 0.3 is 6.18 Å². The lowest BCUT2D eigenvalue weighted by molar-refractivity contribution is -0.146. The van der Waals surface area contributed by atoms with Crippen molar-refractivity contribution in [3.8, 4) is 11.6 Å². The van der Waals surface area contributed by atoms with Crippen molar-refractivity contribution >= 4 is 23.3 Å². The Morgan fingerprint density at radius 1 is 1.03 bits per heavy atom. The molecule has 4 heterocycles. The van der Waals surface area contributed by atoms with Crippen LogP contribution in [0.4, 0.5) is 18.9 Å². The number of hydrogen-bond donors (Lipinski definition) is 1. The molecule has 3 aromatic rings. The second-order valence-electron chi connectivity index (χ2n) is 8.83. The number of nitrogens with one attached hydrogen (secondary N) is 1. The Kier molecular flexibility index (Phi) is 6.51. The molecule has 1 atom stereocenters. The largest absolute Gasteiger partial charge is 0.495 e. The number of hydrogen-bond acceptors (Lipinski definition) is 7. The van der Waals surface area contributed by atoms with E-state index >= 15 is 0 Å². The predicted octanol–water partition coefficient (Wildman–Crippen LogP) is 2.36. The van der Waals surface area contributed by atoms with Gasteiger partial charge in [-0.1, -0.05) is 18.2 Å². The number of fused-ring (bicyclic) bond motifs is 1. The number of piperazine rings is 1. The molecule has 0 saturated carbocycles. The maximum absolute atomic E-state index is 13.3. The van der Waals surface area contributed by atoms with Crippen LogP contribution in [0.15, 0.2) is 48.8 Å². The second-order valence-corrected chi connectivity index (χ2v) is 8.83. The fraction of sp³-hybridized carbons (Fsp3) is 0.320. The third kappa shape index (κ3) is 4.55. The van der Waals surface area contributed by atoms with Gasteiger partial charge in [-0.3, -0.25) is 14.4 Å². The Hall–Kier alpha value is -4.42. The number of amides is 2. The molecule has 0 spiro atoms. The van der Waals surface area contributed by atoms with Gasteiger partial charge in [0.2, 0.25) is 5.78 Å². The second kappa shape index (κ2) is 9.80. The number of pyridine rings is 1. The monoisotopic (exact) mass is 528 g/mol. The van der Waals surface area contributed by atoms with Crippen LogP contribution in [0.3, 0.4) is 0 Å². The quantitative estimate of drug-likeness (QED) is 0.507. The predicted molar refractivity (Wildman–Crippen MR) is 128 cm³/mol. The zero-order valence-electron chi connectivity index (χ0n) is 20.2. The van der Waals surface area contributed by atoms with E-state index < -0.39 is 29.5 Å². The molecule has 1 fully saturated rings. The van der Waals surface area contributed by atoms with Crippen LogP contribution in [-0.4, -0.2) is 82.0 Å². The van der Waals surface area contributed by atoms with Crippen molar-refractivity contribution in [1.29, 1.82) is 0 Å². The van der Waals surface area contributed by atoms with Gasteiger partial charge in [0.25, 0.3) is 11.8 Å². The summed E-state index contributed by atoms with van der Waals surface area (Å²) in [5, 5.41) is 6.55. The molecule has 0 radical (unpaired) electrons. The molecule has 1 N–H and O–H groups in total. The number of benzene rings is 1. The Balaban J connectivity index is 1.33. The Morgan fingerprint density at radius 2 is 1.71 bits per heavy atom. The molecule has 13 heteroatoms. The molecule has 0 bridgehead atoms. The van der Waals surface area contributed by atoms with Gasteiger partial charge in [0.1, 0.15) is 5.75 Å². The van der Waals surface area contributed by atoms with E-state index in [-0.39, 0.29) is 55.9 Å². The van der Waals surface area contributed by atoms with Crippen LogP contribution in [0.25, 0.3) is 5.82 Å². The zero-order chi connectivity index (χ0) is 27.0. The van der Waals surface area contributed by atoms with Gasteiger partial charge in [0, 0.05) is 50.0 Å². The number of ether oxygens (including phenoxy) is 1. The van der Waals surface area contributed by atoms with Gasteiger partial charge in [0.05, 0.1) is 24.9 Å². The van der Waals surface area contributed by atoms with E-state index in [1.54, 1.807) is 29.2 Å². The lowest BCUT2D eigenvalue weighted by atomic mass is 9.95. The average Bonchev–Trinajstić information content (AvgIpc) is 3.60. The van der Waals surface area contributed by atoms with E-state index in [0.717, 1.165) is 16.9 Å². The van der Waals surface area contributed by atoms with E-state index in [4.69, 9.17) is 4.74 Å². The third-order valence-corrected chi connectivity index (χ3v) is 6.61. The minimum atomic E-state index is -4.63. The van der Waals surface area contributed by atoms with Crippen LogP contribution in [0.5, 0.6) is 5.75 Å². The molecular formula is C25H23F3N6O4. The topological polar surface area (TPSA) is 110 Å². The van der Waals surface area contributed by atoms with Gasteiger partial charge in [-0.15, -0.1) is 0 Å². The highest BCUT2D eigenvalue weighted by atomic mass is 19.4. The fourth-order valence-corrected chi connectivity index (χ4v) is 4.66. The van der Waals surface area contributed by atoms with E-state index in [2.05, 4.69) is 15.4 Å². The summed E-state index contributed by atoms with van der Waals surface area (Å²) in [7, 11) is 1.37. The fourth-order valence-electron chi connectivity index (χ4n) is 4.66. The van der Waals surface area contributed by atoms with Gasteiger partial charge in [0.15, 0.2) is 11.5 Å². The number of anilines is 1. The van der Waals surface area contributed by atoms with Crippen LogP contribution in [0.2, 0.25) is 0 Å². The average molecular weight is 528 g/mol. The van der Waals surface area contributed by atoms with Gasteiger partial charge in [-0.05, 0) is 18.2 Å². The van der Waals surface area contributed by atoms with E-state index in [0.29, 0.717) is 11.1 Å². The third-order valence-electron chi connectivity index (χ3n) is 6.61. The van der Waals surface area contributed by atoms with Crippen molar-refractivity contribution in [2.75, 3.05) is 45.2 Å². The maximum atomic E-state index is 13.3. The maximum Gasteiger partial charge on any atom is 0.435 e. The Bertz CT molecular complexity index is 1380. The summed E-state index contributed by atoms with van der Waals surface area (Å²) in [4.78, 5) is 46.4. The summed E-state index contributed by atoms with van der Waals surface area (Å²) >= 11 is 0. The molecule has 0 aliphatic carbocycles. The molecule has 1 saturated heterocycles. The van der Waals surface area contributed by atoms with E-state index in [1.165, 1.54) is 18.2 Å². The van der Waals surface area contributed by atoms with Crippen molar-refractivity contribution in [3.05, 3.63) is 65.6 Å². The van der Waals surface area contributed by atoms with Gasteiger partial charge in [-0.25, -0.2) is 9.67 Å². The summed E-state index contributed by atoms with van der Waals surface area (Å²) in [5.41, 5.74) is 0.0611. The van der Waals surface area contributed by atoms with Crippen LogP contribution in [-0.2, 0) is 15.8 Å². The molecule has 2 amide bonds. The van der Waals surface area contributed by atoms with Crippen LogP contribution >= 0.6 is 0 Å². The number of alkyl halides is 3. The number of halogens is 3. The lowest BCUT2D eigenvalue weighted by Gasteiger charge is -2.34. The van der Waals surface area contributed by atoms with Crippen LogP contribution in [0.1, 0.15) is 27.5 Å². The molecule has 2 aromatic heterocycles. The summed E-state index contributed by atoms with van der Waals surface area (Å²) in [5.74, 6) is -2.19. The molecular weight excluding hydrogens is 505 g/mol. The highest BCUT2D eigenvalue weighted by molar-refractivity contribution is 6.38. The summed E-state index contributed by atoms with van der Waals surface area (Å²) in [6, 6.07) is 9.63. The Morgan fingerprint density at radius 3 is 2.34 bits per heavy atom. The first-order chi connectivity index (χ1) is 18.2. The van der Waals surface area contributed by atoms with Crippen molar-refractivity contribution < 1.29 is 32.3 Å². The number of carbonyl (C=O) groups is 3. The number of nitrogens with zero attached hydrogens (tertiary/aromatic N) is 5. The number of Topliss-reactive ketones (excluding diaryl/α,β-unsaturated/α-hetero) is 1. The number of aromatic nitrogens is 3. The summed E-state index contributed by atoms with van der Waals surface area (Å²) in [6.07, 6.45) is -2.22. The number of ketones is 1. The number of carbonyl (C=O) groups excluding carboxylic acids is 3. The van der Waals surface area contributed by atoms with Crippen molar-refractivity contribution in [3.63, 3.8) is 0 Å². The molecule has 5 rings (SSSR count). The standard InChI is InChI=1S/C25H23F3N6O4/c1-38-17-14-30-22(34-8-7-18(31-34)25(26,27)28)20-19(17)16(13-29-20)21(35)24(37)33-11-9-32(10-12-33)23(36)15-5-3-2-4-6-15/h2-8,14,16,29H,9-13H2,1H3. The van der Waals surface area contributed by atoms with Gasteiger partial charge < -0.3 is 19.9 Å². The number of methoxy groups -OCH3 is 1. The van der Waals surface area contributed by atoms with Crippen LogP contribution in [0, 0.1) is 0 Å². The van der Waals surface area contributed by atoms with Crippen LogP contribution < -0.4 is 10.1 Å². The highest BCUT2D eigenvalue weighted by Gasteiger charge is 2.40. The van der Waals surface area contributed by atoms with Crippen molar-refractivity contribution in [1.82, 2.24) is 24.6 Å². The minimum absolute atomic E-state index is 0.0365. The molecule has 2 aliphatic rings. The molecule has 1 unspecified atom stereocenters. The summed E-state index contributed by atoms with van der Waals surface area (Å²) < 4.78 is 45.5. The molecule has 38 heavy (non-hydrogen) atoms. The minimum Gasteiger partial charge on any atom is -0.495 e. The first-order valence-electron chi connectivity index (χ1n) is 11.8. The summed E-state index contributed by atoms with van der Waals surface area (Å²) in [6.45, 7) is 0.995. The van der Waals surface area contributed by atoms with E-state index in [9.17, 15) is 27.6 Å². The highest BCUT2D eigenvalue weighted by Crippen LogP contribution is 2.42. The SMILES string of the molecule is COc1cnc(-n2ccc(C(F)(F)F)n2)c2c1C(C(=O)C(=O)N1CCN(C(=O)c3ccccc3)CC1)CN2. The first-order valence-corrected chi connectivity index (χ1v) is 11.8.